The summed E-state index contributed by atoms with van der Waals surface area (Å²) < 4.78 is 6.33. The van der Waals surface area contributed by atoms with Crippen LogP contribution in [0.4, 0.5) is 0 Å². The average Bonchev–Trinajstić information content (AvgIpc) is 3.23. The van der Waals surface area contributed by atoms with Crippen molar-refractivity contribution in [1.29, 1.82) is 0 Å². The van der Waals surface area contributed by atoms with Crippen LogP contribution in [0.25, 0.3) is 11.4 Å². The Labute approximate surface area is 179 Å². The van der Waals surface area contributed by atoms with Crippen molar-refractivity contribution >= 4 is 21.8 Å². The van der Waals surface area contributed by atoms with Gasteiger partial charge in [0, 0.05) is 36.0 Å². The van der Waals surface area contributed by atoms with Gasteiger partial charge in [0.05, 0.1) is 0 Å². The van der Waals surface area contributed by atoms with E-state index in [0.717, 1.165) is 42.4 Å². The molecule has 0 spiro atoms. The lowest BCUT2D eigenvalue weighted by Gasteiger charge is -2.32. The molecule has 29 heavy (non-hydrogen) atoms. The maximum atomic E-state index is 12.6. The van der Waals surface area contributed by atoms with Crippen molar-refractivity contribution in [2.45, 2.75) is 32.1 Å². The van der Waals surface area contributed by atoms with Crippen LogP contribution in [0.2, 0.25) is 0 Å². The zero-order valence-corrected chi connectivity index (χ0v) is 17.8. The van der Waals surface area contributed by atoms with Crippen LogP contribution in [0, 0.1) is 5.92 Å². The van der Waals surface area contributed by atoms with Gasteiger partial charge in [-0.25, -0.2) is 0 Å². The second-order valence-corrected chi connectivity index (χ2v) is 8.45. The van der Waals surface area contributed by atoms with Gasteiger partial charge >= 0.3 is 0 Å². The van der Waals surface area contributed by atoms with E-state index in [1.54, 1.807) is 0 Å². The number of hydrogen-bond acceptors (Lipinski definition) is 4. The minimum atomic E-state index is 0.173. The number of carbonyl (C=O) groups excluding carboxylic acids is 1. The highest BCUT2D eigenvalue weighted by molar-refractivity contribution is 9.10. The minimum Gasteiger partial charge on any atom is -0.343 e. The van der Waals surface area contributed by atoms with E-state index in [9.17, 15) is 4.79 Å². The summed E-state index contributed by atoms with van der Waals surface area (Å²) in [5, 5.41) is 4.03. The van der Waals surface area contributed by atoms with E-state index in [0.29, 0.717) is 30.5 Å². The molecular formula is C23H24BrN3O2. The summed E-state index contributed by atoms with van der Waals surface area (Å²) in [4.78, 5) is 19.0. The standard InChI is InChI=1S/C23H24BrN3O2/c24-20-8-6-19(7-9-20)23-25-21(29-26-23)10-11-22(28)27-14-12-18(13-15-27)16-17-4-2-1-3-5-17/h1-9,18H,10-16H2. The Hall–Kier alpha value is -2.47. The van der Waals surface area contributed by atoms with E-state index in [1.807, 2.05) is 29.2 Å². The Balaban J connectivity index is 1.24. The number of carbonyl (C=O) groups is 1. The predicted octanol–water partition coefficient (Wildman–Crippen LogP) is 4.91. The van der Waals surface area contributed by atoms with Gasteiger partial charge in [-0.1, -0.05) is 51.4 Å². The van der Waals surface area contributed by atoms with Crippen LogP contribution in [0.5, 0.6) is 0 Å². The molecule has 0 radical (unpaired) electrons. The summed E-state index contributed by atoms with van der Waals surface area (Å²) >= 11 is 3.42. The first kappa shape index (κ1) is 19.8. The maximum Gasteiger partial charge on any atom is 0.227 e. The van der Waals surface area contributed by atoms with Crippen LogP contribution in [0.3, 0.4) is 0 Å². The van der Waals surface area contributed by atoms with E-state index in [-0.39, 0.29) is 5.91 Å². The summed E-state index contributed by atoms with van der Waals surface area (Å²) in [7, 11) is 0. The SMILES string of the molecule is O=C(CCc1nc(-c2ccc(Br)cc2)no1)N1CCC(Cc2ccccc2)CC1. The smallest absolute Gasteiger partial charge is 0.227 e. The third-order valence-electron chi connectivity index (χ3n) is 5.46. The third kappa shape index (κ3) is 5.32. The van der Waals surface area contributed by atoms with Crippen molar-refractivity contribution in [2.24, 2.45) is 5.92 Å². The van der Waals surface area contributed by atoms with Crippen molar-refractivity contribution in [3.63, 3.8) is 0 Å². The van der Waals surface area contributed by atoms with Crippen LogP contribution in [-0.2, 0) is 17.6 Å². The molecule has 3 aromatic rings. The average molecular weight is 454 g/mol. The van der Waals surface area contributed by atoms with Gasteiger partial charge in [0.2, 0.25) is 17.6 Å². The zero-order valence-electron chi connectivity index (χ0n) is 16.3. The molecule has 1 amide bonds. The highest BCUT2D eigenvalue weighted by atomic mass is 79.9. The van der Waals surface area contributed by atoms with Gasteiger partial charge in [-0.3, -0.25) is 4.79 Å². The van der Waals surface area contributed by atoms with Crippen molar-refractivity contribution in [3.8, 4) is 11.4 Å². The van der Waals surface area contributed by atoms with Crippen molar-refractivity contribution in [1.82, 2.24) is 15.0 Å². The summed E-state index contributed by atoms with van der Waals surface area (Å²) in [6.07, 6.45) is 4.12. The third-order valence-corrected chi connectivity index (χ3v) is 5.99. The van der Waals surface area contributed by atoms with Crippen LogP contribution >= 0.6 is 15.9 Å². The predicted molar refractivity (Wildman–Crippen MR) is 115 cm³/mol. The second-order valence-electron chi connectivity index (χ2n) is 7.53. The first-order chi connectivity index (χ1) is 14.2. The van der Waals surface area contributed by atoms with E-state index < -0.39 is 0 Å². The van der Waals surface area contributed by atoms with E-state index in [4.69, 9.17) is 4.52 Å². The number of piperidine rings is 1. The first-order valence-electron chi connectivity index (χ1n) is 10.1. The second kappa shape index (κ2) is 9.35. The molecule has 0 saturated carbocycles. The number of nitrogens with zero attached hydrogens (tertiary/aromatic N) is 3. The lowest BCUT2D eigenvalue weighted by atomic mass is 9.90. The highest BCUT2D eigenvalue weighted by Gasteiger charge is 2.23. The Morgan fingerprint density at radius 1 is 1.07 bits per heavy atom. The van der Waals surface area contributed by atoms with Gasteiger partial charge in [-0.2, -0.15) is 4.98 Å². The summed E-state index contributed by atoms with van der Waals surface area (Å²) in [6.45, 7) is 1.68. The van der Waals surface area contributed by atoms with Crippen LogP contribution in [-0.4, -0.2) is 34.0 Å². The molecular weight excluding hydrogens is 430 g/mol. The zero-order chi connectivity index (χ0) is 20.1. The molecule has 5 nitrogen and oxygen atoms in total. The van der Waals surface area contributed by atoms with E-state index >= 15 is 0 Å². The molecule has 0 atom stereocenters. The number of aromatic nitrogens is 2. The molecule has 0 aliphatic carbocycles. The van der Waals surface area contributed by atoms with Crippen LogP contribution < -0.4 is 0 Å². The molecule has 1 fully saturated rings. The molecule has 0 N–H and O–H groups in total. The van der Waals surface area contributed by atoms with Gasteiger partial charge in [0.25, 0.3) is 0 Å². The number of likely N-dealkylation sites (tertiary alicyclic amines) is 1. The quantitative estimate of drug-likeness (QED) is 0.531. The maximum absolute atomic E-state index is 12.6. The monoisotopic (exact) mass is 453 g/mol. The fraction of sp³-hybridized carbons (Fsp3) is 0.348. The molecule has 2 aromatic carbocycles. The number of amides is 1. The topological polar surface area (TPSA) is 59.2 Å². The highest BCUT2D eigenvalue weighted by Crippen LogP contribution is 2.23. The van der Waals surface area contributed by atoms with Crippen molar-refractivity contribution in [3.05, 3.63) is 70.5 Å². The molecule has 4 rings (SSSR count). The van der Waals surface area contributed by atoms with Gasteiger partial charge in [-0.15, -0.1) is 0 Å². The Morgan fingerprint density at radius 3 is 2.52 bits per heavy atom. The number of rotatable bonds is 6. The van der Waals surface area contributed by atoms with Crippen LogP contribution in [0.15, 0.2) is 63.6 Å². The molecule has 150 valence electrons. The van der Waals surface area contributed by atoms with Crippen molar-refractivity contribution in [2.75, 3.05) is 13.1 Å². The normalized spacial score (nSPS) is 14.9. The number of halogens is 1. The molecule has 0 unspecified atom stereocenters. The van der Waals surface area contributed by atoms with E-state index in [2.05, 4.69) is 56.4 Å². The molecule has 1 aromatic heterocycles. The Morgan fingerprint density at radius 2 is 1.79 bits per heavy atom. The lowest BCUT2D eigenvalue weighted by Crippen LogP contribution is -2.39. The molecule has 1 aliphatic rings. The lowest BCUT2D eigenvalue weighted by molar-refractivity contribution is -0.132. The first-order valence-corrected chi connectivity index (χ1v) is 10.9. The Bertz CT molecular complexity index is 932. The summed E-state index contributed by atoms with van der Waals surface area (Å²) in [5.74, 6) is 1.90. The number of hydrogen-bond donors (Lipinski definition) is 0. The van der Waals surface area contributed by atoms with E-state index in [1.165, 1.54) is 5.56 Å². The molecule has 6 heteroatoms. The summed E-state index contributed by atoms with van der Waals surface area (Å²) in [6, 6.07) is 18.4. The number of benzene rings is 2. The van der Waals surface area contributed by atoms with Gasteiger partial charge < -0.3 is 9.42 Å². The van der Waals surface area contributed by atoms with Crippen LogP contribution in [0.1, 0.15) is 30.7 Å². The van der Waals surface area contributed by atoms with Crippen molar-refractivity contribution < 1.29 is 9.32 Å². The fourth-order valence-electron chi connectivity index (χ4n) is 3.78. The number of aryl methyl sites for hydroxylation is 1. The molecule has 1 aliphatic heterocycles. The Kier molecular flexibility index (Phi) is 6.39. The summed E-state index contributed by atoms with van der Waals surface area (Å²) in [5.41, 5.74) is 2.28. The minimum absolute atomic E-state index is 0.173. The largest absolute Gasteiger partial charge is 0.343 e. The van der Waals surface area contributed by atoms with Gasteiger partial charge in [0.15, 0.2) is 0 Å². The molecule has 0 bridgehead atoms. The van der Waals surface area contributed by atoms with Gasteiger partial charge in [-0.05, 0) is 55.0 Å². The van der Waals surface area contributed by atoms with Gasteiger partial charge in [0.1, 0.15) is 0 Å². The molecule has 2 heterocycles. The fourth-order valence-corrected chi connectivity index (χ4v) is 4.04. The molecule has 1 saturated heterocycles.